The van der Waals surface area contributed by atoms with E-state index in [2.05, 4.69) is 25.9 Å². The van der Waals surface area contributed by atoms with Crippen molar-refractivity contribution in [1.29, 1.82) is 0 Å². The van der Waals surface area contributed by atoms with Gasteiger partial charge in [0.15, 0.2) is 0 Å². The first kappa shape index (κ1) is 12.5. The Morgan fingerprint density at radius 2 is 2.12 bits per heavy atom. The number of hydrogen-bond donors (Lipinski definition) is 0. The molecule has 0 spiro atoms. The van der Waals surface area contributed by atoms with Gasteiger partial charge in [-0.05, 0) is 6.42 Å². The molecule has 0 N–H and O–H groups in total. The Bertz CT molecular complexity index is 393. The first-order valence-corrected chi connectivity index (χ1v) is 5.89. The molecule has 1 aliphatic heterocycles. The van der Waals surface area contributed by atoms with Gasteiger partial charge in [0, 0.05) is 18.0 Å². The van der Waals surface area contributed by atoms with E-state index in [0.717, 1.165) is 17.9 Å². The smallest absolute Gasteiger partial charge is 0.272 e. The first-order valence-electron chi connectivity index (χ1n) is 5.89. The minimum Gasteiger partial charge on any atom is -0.361 e. The lowest BCUT2D eigenvalue weighted by Gasteiger charge is -2.38. The van der Waals surface area contributed by atoms with Crippen LogP contribution in [-0.2, 0) is 12.0 Å². The van der Waals surface area contributed by atoms with E-state index in [4.69, 9.17) is 4.52 Å². The van der Waals surface area contributed by atoms with E-state index in [9.17, 15) is 8.78 Å². The fourth-order valence-electron chi connectivity index (χ4n) is 1.83. The van der Waals surface area contributed by atoms with E-state index in [0.29, 0.717) is 6.54 Å². The van der Waals surface area contributed by atoms with Gasteiger partial charge in [0.25, 0.3) is 5.92 Å². The van der Waals surface area contributed by atoms with E-state index >= 15 is 0 Å². The van der Waals surface area contributed by atoms with Crippen molar-refractivity contribution in [3.05, 3.63) is 17.5 Å². The lowest BCUT2D eigenvalue weighted by atomic mass is 9.87. The molecular weight excluding hydrogens is 226 g/mol. The second-order valence-corrected chi connectivity index (χ2v) is 5.42. The summed E-state index contributed by atoms with van der Waals surface area (Å²) in [6.45, 7) is 6.33. The SMILES string of the molecule is CCC(C)(C)c1cc(CN2CC(F)(F)C2)no1. The molecule has 0 atom stereocenters. The fourth-order valence-corrected chi connectivity index (χ4v) is 1.83. The molecule has 3 nitrogen and oxygen atoms in total. The van der Waals surface area contributed by atoms with E-state index in [1.165, 1.54) is 0 Å². The number of nitrogens with zero attached hydrogens (tertiary/aromatic N) is 2. The van der Waals surface area contributed by atoms with Gasteiger partial charge in [-0.3, -0.25) is 4.90 Å². The normalized spacial score (nSPS) is 20.3. The Kier molecular flexibility index (Phi) is 2.97. The summed E-state index contributed by atoms with van der Waals surface area (Å²) < 4.78 is 30.6. The largest absolute Gasteiger partial charge is 0.361 e. The zero-order chi connectivity index (χ0) is 12.7. The van der Waals surface area contributed by atoms with Crippen molar-refractivity contribution in [2.45, 2.75) is 45.1 Å². The van der Waals surface area contributed by atoms with Crippen LogP contribution in [0.1, 0.15) is 38.6 Å². The van der Waals surface area contributed by atoms with Crippen molar-refractivity contribution in [3.63, 3.8) is 0 Å². The number of rotatable bonds is 4. The third-order valence-corrected chi connectivity index (χ3v) is 3.41. The van der Waals surface area contributed by atoms with Gasteiger partial charge in [-0.25, -0.2) is 8.78 Å². The molecule has 1 aromatic rings. The molecule has 17 heavy (non-hydrogen) atoms. The molecule has 96 valence electrons. The van der Waals surface area contributed by atoms with Crippen LogP contribution >= 0.6 is 0 Å². The molecule has 0 radical (unpaired) electrons. The third-order valence-electron chi connectivity index (χ3n) is 3.41. The van der Waals surface area contributed by atoms with Crippen LogP contribution in [0.2, 0.25) is 0 Å². The van der Waals surface area contributed by atoms with E-state index in [1.807, 2.05) is 6.07 Å². The van der Waals surface area contributed by atoms with Gasteiger partial charge in [-0.2, -0.15) is 0 Å². The predicted octanol–water partition coefficient (Wildman–Crippen LogP) is 2.81. The van der Waals surface area contributed by atoms with Crippen LogP contribution < -0.4 is 0 Å². The summed E-state index contributed by atoms with van der Waals surface area (Å²) in [4.78, 5) is 1.67. The highest BCUT2D eigenvalue weighted by atomic mass is 19.3. The second kappa shape index (κ2) is 4.05. The summed E-state index contributed by atoms with van der Waals surface area (Å²) >= 11 is 0. The monoisotopic (exact) mass is 244 g/mol. The molecule has 0 saturated carbocycles. The molecule has 0 amide bonds. The zero-order valence-corrected chi connectivity index (χ0v) is 10.5. The van der Waals surface area contributed by atoms with Gasteiger partial charge < -0.3 is 4.52 Å². The van der Waals surface area contributed by atoms with Crippen molar-refractivity contribution >= 4 is 0 Å². The van der Waals surface area contributed by atoms with Crippen molar-refractivity contribution in [1.82, 2.24) is 10.1 Å². The lowest BCUT2D eigenvalue weighted by molar-refractivity contribution is -0.134. The van der Waals surface area contributed by atoms with Crippen molar-refractivity contribution < 1.29 is 13.3 Å². The van der Waals surface area contributed by atoms with Gasteiger partial charge in [0.05, 0.1) is 18.8 Å². The van der Waals surface area contributed by atoms with Crippen LogP contribution in [0.25, 0.3) is 0 Å². The van der Waals surface area contributed by atoms with E-state index in [1.54, 1.807) is 4.90 Å². The summed E-state index contributed by atoms with van der Waals surface area (Å²) in [5, 5.41) is 3.94. The Balaban J connectivity index is 1.96. The molecule has 0 aromatic carbocycles. The van der Waals surface area contributed by atoms with Gasteiger partial charge in [-0.1, -0.05) is 25.9 Å². The summed E-state index contributed by atoms with van der Waals surface area (Å²) in [6.07, 6.45) is 0.948. The second-order valence-electron chi connectivity index (χ2n) is 5.42. The van der Waals surface area contributed by atoms with E-state index in [-0.39, 0.29) is 18.5 Å². The summed E-state index contributed by atoms with van der Waals surface area (Å²) in [6, 6.07) is 1.87. The predicted molar refractivity (Wildman–Crippen MR) is 60.0 cm³/mol. The molecule has 0 bridgehead atoms. The van der Waals surface area contributed by atoms with Gasteiger partial charge >= 0.3 is 0 Å². The third kappa shape index (κ3) is 2.65. The number of alkyl halides is 2. The molecule has 1 aromatic heterocycles. The maximum Gasteiger partial charge on any atom is 0.272 e. The molecule has 2 heterocycles. The quantitative estimate of drug-likeness (QED) is 0.815. The van der Waals surface area contributed by atoms with Crippen LogP contribution in [-0.4, -0.2) is 29.1 Å². The van der Waals surface area contributed by atoms with E-state index < -0.39 is 5.92 Å². The number of hydrogen-bond acceptors (Lipinski definition) is 3. The number of halogens is 2. The molecule has 1 aliphatic rings. The molecule has 1 fully saturated rings. The standard InChI is InChI=1S/C12H18F2N2O/c1-4-11(2,3)10-5-9(15-17-10)6-16-7-12(13,14)8-16/h5H,4,6-8H2,1-3H3. The van der Waals surface area contributed by atoms with Gasteiger partial charge in [-0.15, -0.1) is 0 Å². The molecule has 2 rings (SSSR count). The van der Waals surface area contributed by atoms with Crippen LogP contribution in [0.3, 0.4) is 0 Å². The number of likely N-dealkylation sites (tertiary alicyclic amines) is 1. The first-order chi connectivity index (χ1) is 7.82. The summed E-state index contributed by atoms with van der Waals surface area (Å²) in [5.74, 6) is -1.70. The van der Waals surface area contributed by atoms with Crippen LogP contribution in [0.15, 0.2) is 10.6 Å². The average molecular weight is 244 g/mol. The minimum absolute atomic E-state index is 0.0515. The Hall–Kier alpha value is -0.970. The zero-order valence-electron chi connectivity index (χ0n) is 10.5. The summed E-state index contributed by atoms with van der Waals surface area (Å²) in [7, 11) is 0. The van der Waals surface area contributed by atoms with Crippen LogP contribution in [0.5, 0.6) is 0 Å². The summed E-state index contributed by atoms with van der Waals surface area (Å²) in [5.41, 5.74) is 0.682. The lowest BCUT2D eigenvalue weighted by Crippen LogP contribution is -2.55. The molecule has 1 saturated heterocycles. The highest BCUT2D eigenvalue weighted by Gasteiger charge is 2.43. The molecule has 5 heteroatoms. The highest BCUT2D eigenvalue weighted by molar-refractivity contribution is 5.14. The van der Waals surface area contributed by atoms with Gasteiger partial charge in [0.1, 0.15) is 5.76 Å². The fraction of sp³-hybridized carbons (Fsp3) is 0.750. The highest BCUT2D eigenvalue weighted by Crippen LogP contribution is 2.30. The Morgan fingerprint density at radius 3 is 2.65 bits per heavy atom. The number of aromatic nitrogens is 1. The van der Waals surface area contributed by atoms with Crippen LogP contribution in [0, 0.1) is 0 Å². The molecule has 0 unspecified atom stereocenters. The average Bonchev–Trinajstić information content (AvgIpc) is 2.64. The van der Waals surface area contributed by atoms with Gasteiger partial charge in [0.2, 0.25) is 0 Å². The van der Waals surface area contributed by atoms with Crippen LogP contribution in [0.4, 0.5) is 8.78 Å². The van der Waals surface area contributed by atoms with Crippen molar-refractivity contribution in [2.24, 2.45) is 0 Å². The Labute approximate surface area is 99.8 Å². The molecular formula is C12H18F2N2O. The minimum atomic E-state index is -2.52. The topological polar surface area (TPSA) is 29.3 Å². The maximum absolute atomic E-state index is 12.7. The maximum atomic E-state index is 12.7. The molecule has 0 aliphatic carbocycles. The van der Waals surface area contributed by atoms with Crippen molar-refractivity contribution in [2.75, 3.05) is 13.1 Å². The van der Waals surface area contributed by atoms with Crippen molar-refractivity contribution in [3.8, 4) is 0 Å². The Morgan fingerprint density at radius 1 is 1.47 bits per heavy atom.